The molecule has 10 saturated heterocycles. The van der Waals surface area contributed by atoms with Crippen molar-refractivity contribution < 1.29 is 304 Å². The molecule has 52 nitrogen and oxygen atoms in total. The Morgan fingerprint density at radius 2 is 0.676 bits per heavy atom. The fourth-order valence-corrected chi connectivity index (χ4v) is 15.8. The van der Waals surface area contributed by atoms with Gasteiger partial charge in [0.15, 0.2) is 25.2 Å². The molecule has 10 aliphatic rings. The summed E-state index contributed by atoms with van der Waals surface area (Å²) in [5.41, 5.74) is 0. The van der Waals surface area contributed by atoms with Crippen LogP contribution in [0.25, 0.3) is 0 Å². The first-order valence-corrected chi connectivity index (χ1v) is 44.8. The van der Waals surface area contributed by atoms with Gasteiger partial charge in [-0.05, 0) is 52.4 Å². The minimum atomic E-state index is -1.84. The van der Waals surface area contributed by atoms with Crippen LogP contribution in [0.3, 0.4) is 0 Å². The summed E-state index contributed by atoms with van der Waals surface area (Å²) in [7, 11) is 5.01. The molecule has 0 aliphatic carbocycles. The number of nitrogens with one attached hydrogen (secondary N) is 2. The van der Waals surface area contributed by atoms with Crippen LogP contribution in [-0.4, -0.2) is 542 Å². The zero-order chi connectivity index (χ0) is 99.1. The van der Waals surface area contributed by atoms with Crippen molar-refractivity contribution in [2.24, 2.45) is 0 Å². The number of epoxide rings is 2. The summed E-state index contributed by atoms with van der Waals surface area (Å²) in [5.74, 6) is -4.41. The maximum atomic E-state index is 12.0. The minimum Gasteiger partial charge on any atom is -0.547 e. The van der Waals surface area contributed by atoms with Gasteiger partial charge in [-0.1, -0.05) is 13.8 Å². The van der Waals surface area contributed by atoms with E-state index in [4.69, 9.17) is 114 Å². The minimum absolute atomic E-state index is 0. The Kier molecular flexibility index (Phi) is 57.7. The molecule has 0 aromatic heterocycles. The number of unbranched alkanes of at least 4 members (excludes halogenated alkanes) is 2. The van der Waals surface area contributed by atoms with E-state index in [2.05, 4.69) is 10.6 Å². The number of ether oxygens (including phenoxy) is 24. The molecule has 0 saturated carbocycles. The maximum Gasteiger partial charge on any atom is 1.00 e. The quantitative estimate of drug-likeness (QED) is 0.0153. The largest absolute Gasteiger partial charge is 1.00 e. The molecule has 2 amide bonds. The summed E-state index contributed by atoms with van der Waals surface area (Å²) >= 11 is 0. The van der Waals surface area contributed by atoms with E-state index in [1.54, 1.807) is 27.7 Å². The van der Waals surface area contributed by atoms with Crippen molar-refractivity contribution in [2.45, 2.75) is 349 Å². The Morgan fingerprint density at radius 1 is 0.353 bits per heavy atom. The Bertz CT molecular complexity index is 3280. The molecule has 10 heterocycles. The number of methoxy groups -OCH3 is 4. The van der Waals surface area contributed by atoms with Gasteiger partial charge in [-0.2, -0.15) is 0 Å². The van der Waals surface area contributed by atoms with Crippen LogP contribution in [0.15, 0.2) is 0 Å². The second-order valence-electron chi connectivity index (χ2n) is 34.0. The van der Waals surface area contributed by atoms with Crippen molar-refractivity contribution in [3.8, 4) is 0 Å². The number of aliphatic hydroxyl groups is 20. The third-order valence-electron chi connectivity index (χ3n) is 23.5. The summed E-state index contributed by atoms with van der Waals surface area (Å²) in [6.45, 7) is 12.2. The molecule has 0 radical (unpaired) electrons. The summed E-state index contributed by atoms with van der Waals surface area (Å²) in [6.07, 6.45) is -48.6. The molecule has 136 heavy (non-hydrogen) atoms. The van der Waals surface area contributed by atoms with E-state index in [1.165, 1.54) is 28.1 Å². The molecular formula is C82H144N2Na2O50. The predicted molar refractivity (Wildman–Crippen MR) is 436 cm³/mol. The average Bonchev–Trinajstić information content (AvgIpc) is 1.32. The van der Waals surface area contributed by atoms with Crippen LogP contribution in [0.2, 0.25) is 0 Å². The number of hydrogen-bond acceptors (Lipinski definition) is 50. The van der Waals surface area contributed by atoms with Crippen molar-refractivity contribution in [3.63, 3.8) is 0 Å². The molecule has 10 aliphatic heterocycles. The van der Waals surface area contributed by atoms with Crippen LogP contribution in [0.4, 0.5) is 0 Å². The predicted octanol–water partition coefficient (Wildman–Crippen LogP) is -20.9. The number of hydrogen-bond donors (Lipinski definition) is 22. The first-order chi connectivity index (χ1) is 63.7. The van der Waals surface area contributed by atoms with Gasteiger partial charge in [0.1, 0.15) is 208 Å². The number of carbonyl (C=O) groups is 4. The van der Waals surface area contributed by atoms with E-state index < -0.39 is 287 Å². The molecule has 0 aromatic carbocycles. The van der Waals surface area contributed by atoms with Crippen LogP contribution in [0, 0.1) is 0 Å². The van der Waals surface area contributed by atoms with Gasteiger partial charge in [-0.15, -0.1) is 0 Å². The van der Waals surface area contributed by atoms with Gasteiger partial charge in [-0.3, -0.25) is 9.59 Å². The van der Waals surface area contributed by atoms with Crippen LogP contribution in [0.5, 0.6) is 0 Å². The fraction of sp³-hybridized carbons (Fsp3) is 0.951. The number of aliphatic hydroxyl groups excluding tert-OH is 20. The number of carboxylic acid groups (broad SMARTS) is 2. The van der Waals surface area contributed by atoms with E-state index in [9.17, 15) is 132 Å². The normalized spacial score (nSPS) is 40.8. The van der Waals surface area contributed by atoms with Crippen molar-refractivity contribution >= 4 is 23.8 Å². The second-order valence-corrected chi connectivity index (χ2v) is 34.0. The Morgan fingerprint density at radius 3 is 1.05 bits per heavy atom. The molecule has 0 spiro atoms. The van der Waals surface area contributed by atoms with Gasteiger partial charge in [0, 0.05) is 68.7 Å². The molecule has 10 fully saturated rings. The summed E-state index contributed by atoms with van der Waals surface area (Å²) in [4.78, 5) is 46.5. The van der Waals surface area contributed by atoms with Crippen LogP contribution < -0.4 is 80.0 Å². The zero-order valence-corrected chi connectivity index (χ0v) is 82.6. The number of carbonyl (C=O) groups excluding carboxylic acids is 4. The number of carboxylic acids is 2. The molecule has 44 atom stereocenters. The van der Waals surface area contributed by atoms with Crippen LogP contribution in [0.1, 0.15) is 80.1 Å². The SMILES string of the molecule is C(CCOCC1CO1)COCC1CO1.CC[C@H]1OC(CO[C@H]2OC(COC)[C@@H](O)[C@H](O)C2O)[C@@H](O)[C@H](O)C1O.CC[C@H]1OC(CO[C@H]2OC(COC)[C@@H](O)[C@H](O)C2O)[C@@H](O)[C@H](OCC(O)COCCCCOCC(O)COCC2O[C@H](C)C(NC(C)=O)[C@@H](O[C@@H]3OC(C(=O)[O-])[C@@H](OC)[C@H](O)C3O)[C@@H]2O)C1O.CO[C@@H]1C(C(=O)[O-])O[C@@H](O[C@@H]2C(NC(C)=O)[C@@H](C)OC(CO)[C@H]2O)C(O)[C@H]1O.[Na+].[Na+]. The van der Waals surface area contributed by atoms with Gasteiger partial charge in [0.25, 0.3) is 0 Å². The van der Waals surface area contributed by atoms with Crippen LogP contribution in [-0.2, 0) is 133 Å². The smallest absolute Gasteiger partial charge is 0.547 e. The molecule has 0 aromatic rings. The van der Waals surface area contributed by atoms with Crippen molar-refractivity contribution in [3.05, 3.63) is 0 Å². The average molecular weight is 2000 g/mol. The Labute approximate surface area is 830 Å². The first kappa shape index (κ1) is 125. The molecule has 10 rings (SSSR count). The standard InChI is InChI=1S/C41H73NO25.C16H27NO11.C15H28O10.C10H18O4.2Na/c1-6-22-28(47)36(30(49)25(64-22)17-62-40-33(52)31(50)27(46)23(65-40)15-56-4)61-14-21(45)12-59-10-8-7-9-58-11-20(44)13-60-16-24-29(48)35(26(18(2)63-24)42-19(3)43)66-41-34(53)32(51)37(57-5)38(67-41)39(54)55;1-5-8(17-6(2)19)12(9(20)7(4-18)26-5)27-16-11(22)10(21)13(25-3)14(28-16)15(23)24;1-3-6-9(16)12(19)11(18)8(24-6)5-23-15-14(21)13(20)10(17)7(25-15)4-22-2;1(3-11-5-9-7-13-9)2-4-12-6-10-8-14-10;;/h18,20-38,40-41,44-53H,6-17H2,1-5H3,(H,42,43)(H,54,55);5,7-14,16,18,20-22H,4H2,1-3H3,(H,17,19)(H,23,24);6-21H,3-5H2,1-2H3;9-10H,1-8H2;;/q;;;;2*+1/p-2/t18-,20?,21?,22-,23?,24?,25?,26?,27-,28?,29-,30-,31+,32-,33?,34?,35-,36-,37+,38?,40+,41-;5-,7?,8?,9-,10-,11?,12-,13+,14?,16-;6-,7?,8?,9?,10-,11-,12-,13+,14?,15+;;;/m111.../s1. The molecule has 0 bridgehead atoms. The molecule has 22 N–H and O–H groups in total. The van der Waals surface area contributed by atoms with Gasteiger partial charge >= 0.3 is 59.1 Å². The maximum absolute atomic E-state index is 12.0. The Balaban J connectivity index is 0.000000383. The monoisotopic (exact) mass is 2000 g/mol. The second kappa shape index (κ2) is 63.0. The number of amides is 2. The van der Waals surface area contributed by atoms with Crippen molar-refractivity contribution in [2.75, 3.05) is 147 Å². The van der Waals surface area contributed by atoms with E-state index >= 15 is 0 Å². The van der Waals surface area contributed by atoms with Crippen molar-refractivity contribution in [1.82, 2.24) is 10.6 Å². The molecule has 784 valence electrons. The third-order valence-corrected chi connectivity index (χ3v) is 23.5. The van der Waals surface area contributed by atoms with Gasteiger partial charge in [0.05, 0.1) is 141 Å². The van der Waals surface area contributed by atoms with E-state index in [-0.39, 0.29) is 132 Å². The van der Waals surface area contributed by atoms with E-state index in [1.807, 2.05) is 0 Å². The zero-order valence-electron chi connectivity index (χ0n) is 78.6. The summed E-state index contributed by atoms with van der Waals surface area (Å²) in [5, 5.41) is 234. The number of aliphatic carboxylic acids is 2. The van der Waals surface area contributed by atoms with E-state index in [0.29, 0.717) is 37.9 Å². The third kappa shape index (κ3) is 37.2. The van der Waals surface area contributed by atoms with Gasteiger partial charge < -0.3 is 246 Å². The molecule has 20 unspecified atom stereocenters. The van der Waals surface area contributed by atoms with Gasteiger partial charge in [-0.25, -0.2) is 0 Å². The topological polar surface area (TPSA) is 771 Å². The number of rotatable bonds is 48. The van der Waals surface area contributed by atoms with E-state index in [0.717, 1.165) is 66.7 Å². The molecular weight excluding hydrogens is 1860 g/mol. The summed E-state index contributed by atoms with van der Waals surface area (Å²) in [6, 6.07) is -1.93. The fourth-order valence-electron chi connectivity index (χ4n) is 15.8. The first-order valence-electron chi connectivity index (χ1n) is 44.8. The molecule has 54 heteroatoms. The Hall–Kier alpha value is -1.88. The van der Waals surface area contributed by atoms with Crippen molar-refractivity contribution in [1.29, 1.82) is 0 Å². The van der Waals surface area contributed by atoms with Gasteiger partial charge in [0.2, 0.25) is 11.8 Å². The summed E-state index contributed by atoms with van der Waals surface area (Å²) < 4.78 is 130. The van der Waals surface area contributed by atoms with Crippen LogP contribution >= 0.6 is 0 Å².